The standard InChI is InChI=1S/C12H10F2N2O/c1-2-11-15-10(6-12(17)16-11)8-4-3-7(13)5-9(8)14/h3-6H,2H2,1H3,(H,15,16,17). The molecule has 88 valence electrons. The maximum atomic E-state index is 13.5. The second kappa shape index (κ2) is 4.45. The van der Waals surface area contributed by atoms with Crippen molar-refractivity contribution >= 4 is 0 Å². The molecule has 0 aliphatic heterocycles. The van der Waals surface area contributed by atoms with E-state index in [2.05, 4.69) is 9.97 Å². The van der Waals surface area contributed by atoms with Crippen LogP contribution in [0.3, 0.4) is 0 Å². The predicted octanol–water partition coefficient (Wildman–Crippen LogP) is 2.28. The molecule has 0 amide bonds. The normalized spacial score (nSPS) is 10.5. The van der Waals surface area contributed by atoms with Gasteiger partial charge in [-0.2, -0.15) is 0 Å². The van der Waals surface area contributed by atoms with E-state index in [9.17, 15) is 13.6 Å². The molecular formula is C12H10F2N2O. The number of aromatic amines is 1. The van der Waals surface area contributed by atoms with Crippen molar-refractivity contribution in [2.75, 3.05) is 0 Å². The number of aromatic nitrogens is 2. The van der Waals surface area contributed by atoms with Crippen LogP contribution in [-0.4, -0.2) is 9.97 Å². The van der Waals surface area contributed by atoms with Crippen molar-refractivity contribution in [1.82, 2.24) is 9.97 Å². The number of halogens is 2. The van der Waals surface area contributed by atoms with Gasteiger partial charge in [0.05, 0.1) is 5.69 Å². The fourth-order valence-electron chi connectivity index (χ4n) is 1.51. The van der Waals surface area contributed by atoms with E-state index in [4.69, 9.17) is 0 Å². The minimum absolute atomic E-state index is 0.118. The van der Waals surface area contributed by atoms with Gasteiger partial charge in [-0.3, -0.25) is 4.79 Å². The Kier molecular flexibility index (Phi) is 2.99. The SMILES string of the molecule is CCc1nc(-c2ccc(F)cc2F)cc(=O)[nH]1. The average molecular weight is 236 g/mol. The first-order valence-corrected chi connectivity index (χ1v) is 5.16. The highest BCUT2D eigenvalue weighted by atomic mass is 19.1. The monoisotopic (exact) mass is 236 g/mol. The fourth-order valence-corrected chi connectivity index (χ4v) is 1.51. The Hall–Kier alpha value is -2.04. The highest BCUT2D eigenvalue weighted by Crippen LogP contribution is 2.20. The molecule has 0 atom stereocenters. The second-order valence-corrected chi connectivity index (χ2v) is 3.56. The molecule has 0 radical (unpaired) electrons. The lowest BCUT2D eigenvalue weighted by Crippen LogP contribution is -2.10. The molecule has 0 aliphatic rings. The molecule has 1 heterocycles. The lowest BCUT2D eigenvalue weighted by atomic mass is 10.1. The molecule has 1 N–H and O–H groups in total. The number of H-pyrrole nitrogens is 1. The summed E-state index contributed by atoms with van der Waals surface area (Å²) in [5.74, 6) is -0.923. The van der Waals surface area contributed by atoms with Crippen LogP contribution in [0.4, 0.5) is 8.78 Å². The summed E-state index contributed by atoms with van der Waals surface area (Å²) in [6.45, 7) is 1.82. The lowest BCUT2D eigenvalue weighted by molar-refractivity contribution is 0.585. The summed E-state index contributed by atoms with van der Waals surface area (Å²) in [6.07, 6.45) is 0.534. The van der Waals surface area contributed by atoms with E-state index in [1.54, 1.807) is 0 Å². The highest BCUT2D eigenvalue weighted by Gasteiger charge is 2.09. The van der Waals surface area contributed by atoms with E-state index in [0.717, 1.165) is 12.1 Å². The molecule has 1 aromatic carbocycles. The van der Waals surface area contributed by atoms with Crippen molar-refractivity contribution in [3.63, 3.8) is 0 Å². The first-order chi connectivity index (χ1) is 8.10. The third-order valence-corrected chi connectivity index (χ3v) is 2.33. The van der Waals surface area contributed by atoms with Gasteiger partial charge in [0.1, 0.15) is 17.5 Å². The zero-order chi connectivity index (χ0) is 12.4. The van der Waals surface area contributed by atoms with Crippen LogP contribution in [0.5, 0.6) is 0 Å². The molecule has 0 saturated carbocycles. The number of aryl methyl sites for hydroxylation is 1. The third-order valence-electron chi connectivity index (χ3n) is 2.33. The van der Waals surface area contributed by atoms with Crippen molar-refractivity contribution in [3.05, 3.63) is 52.1 Å². The first kappa shape index (κ1) is 11.4. The summed E-state index contributed by atoms with van der Waals surface area (Å²) in [4.78, 5) is 18.0. The van der Waals surface area contributed by atoms with Gasteiger partial charge >= 0.3 is 0 Å². The maximum Gasteiger partial charge on any atom is 0.251 e. The van der Waals surface area contributed by atoms with Crippen molar-refractivity contribution in [2.24, 2.45) is 0 Å². The smallest absolute Gasteiger partial charge is 0.251 e. The zero-order valence-corrected chi connectivity index (χ0v) is 9.13. The number of rotatable bonds is 2. The van der Waals surface area contributed by atoms with Crippen LogP contribution in [0.15, 0.2) is 29.1 Å². The van der Waals surface area contributed by atoms with Gasteiger partial charge in [0.2, 0.25) is 0 Å². The Morgan fingerprint density at radius 1 is 1.29 bits per heavy atom. The molecule has 0 spiro atoms. The molecule has 0 fully saturated rings. The molecule has 5 heteroatoms. The molecular weight excluding hydrogens is 226 g/mol. The summed E-state index contributed by atoms with van der Waals surface area (Å²) in [5, 5.41) is 0. The van der Waals surface area contributed by atoms with E-state index in [0.29, 0.717) is 12.2 Å². The van der Waals surface area contributed by atoms with Gasteiger partial charge in [0.15, 0.2) is 0 Å². The van der Waals surface area contributed by atoms with Gasteiger partial charge in [-0.15, -0.1) is 0 Å². The molecule has 0 unspecified atom stereocenters. The van der Waals surface area contributed by atoms with Crippen LogP contribution >= 0.6 is 0 Å². The minimum Gasteiger partial charge on any atom is -0.311 e. The maximum absolute atomic E-state index is 13.5. The van der Waals surface area contributed by atoms with Crippen molar-refractivity contribution in [2.45, 2.75) is 13.3 Å². The molecule has 0 aliphatic carbocycles. The summed E-state index contributed by atoms with van der Waals surface area (Å²) in [7, 11) is 0. The number of benzene rings is 1. The number of hydrogen-bond acceptors (Lipinski definition) is 2. The van der Waals surface area contributed by atoms with Crippen LogP contribution in [0.1, 0.15) is 12.7 Å². The molecule has 2 aromatic rings. The first-order valence-electron chi connectivity index (χ1n) is 5.16. The van der Waals surface area contributed by atoms with Gasteiger partial charge in [-0.05, 0) is 12.1 Å². The number of hydrogen-bond donors (Lipinski definition) is 1. The summed E-state index contributed by atoms with van der Waals surface area (Å²) in [6, 6.07) is 4.36. The van der Waals surface area contributed by atoms with Crippen LogP contribution in [0.25, 0.3) is 11.3 Å². The van der Waals surface area contributed by atoms with Crippen LogP contribution in [-0.2, 0) is 6.42 Å². The van der Waals surface area contributed by atoms with Crippen LogP contribution < -0.4 is 5.56 Å². The lowest BCUT2D eigenvalue weighted by Gasteiger charge is -2.04. The minimum atomic E-state index is -0.731. The largest absolute Gasteiger partial charge is 0.311 e. The van der Waals surface area contributed by atoms with E-state index in [1.165, 1.54) is 12.1 Å². The van der Waals surface area contributed by atoms with Crippen LogP contribution in [0, 0.1) is 11.6 Å². The van der Waals surface area contributed by atoms with E-state index in [-0.39, 0.29) is 16.8 Å². The molecule has 1 aromatic heterocycles. The fraction of sp³-hybridized carbons (Fsp3) is 0.167. The number of nitrogens with zero attached hydrogens (tertiary/aromatic N) is 1. The van der Waals surface area contributed by atoms with Gasteiger partial charge in [0, 0.05) is 24.1 Å². The van der Waals surface area contributed by atoms with Gasteiger partial charge in [-0.1, -0.05) is 6.92 Å². The summed E-state index contributed by atoms with van der Waals surface area (Å²) >= 11 is 0. The molecule has 0 bridgehead atoms. The molecule has 2 rings (SSSR count). The quantitative estimate of drug-likeness (QED) is 0.869. The summed E-state index contributed by atoms with van der Waals surface area (Å²) in [5.41, 5.74) is -0.0223. The average Bonchev–Trinajstić information content (AvgIpc) is 2.28. The topological polar surface area (TPSA) is 45.8 Å². The van der Waals surface area contributed by atoms with Crippen molar-refractivity contribution < 1.29 is 8.78 Å². The van der Waals surface area contributed by atoms with Gasteiger partial charge in [0.25, 0.3) is 5.56 Å². The van der Waals surface area contributed by atoms with Gasteiger partial charge < -0.3 is 4.98 Å². The Bertz CT molecular complexity index is 608. The third kappa shape index (κ3) is 2.38. The molecule has 3 nitrogen and oxygen atoms in total. The molecule has 0 saturated heterocycles. The Balaban J connectivity index is 2.60. The van der Waals surface area contributed by atoms with Crippen molar-refractivity contribution in [3.8, 4) is 11.3 Å². The summed E-state index contributed by atoms with van der Waals surface area (Å²) < 4.78 is 26.3. The zero-order valence-electron chi connectivity index (χ0n) is 9.13. The predicted molar refractivity (Wildman–Crippen MR) is 59.6 cm³/mol. The van der Waals surface area contributed by atoms with E-state index >= 15 is 0 Å². The number of nitrogens with one attached hydrogen (secondary N) is 1. The van der Waals surface area contributed by atoms with Crippen molar-refractivity contribution in [1.29, 1.82) is 0 Å². The molecule has 17 heavy (non-hydrogen) atoms. The van der Waals surface area contributed by atoms with Crippen LogP contribution in [0.2, 0.25) is 0 Å². The van der Waals surface area contributed by atoms with E-state index < -0.39 is 11.6 Å². The van der Waals surface area contributed by atoms with E-state index in [1.807, 2.05) is 6.92 Å². The highest BCUT2D eigenvalue weighted by molar-refractivity contribution is 5.59. The Morgan fingerprint density at radius 3 is 2.71 bits per heavy atom. The van der Waals surface area contributed by atoms with Gasteiger partial charge in [-0.25, -0.2) is 13.8 Å². The Morgan fingerprint density at radius 2 is 2.06 bits per heavy atom. The second-order valence-electron chi connectivity index (χ2n) is 3.56. The Labute approximate surface area is 96.2 Å².